The molecular weight excluding hydrogens is 270 g/mol. The monoisotopic (exact) mass is 309 g/mol. The molecule has 0 bridgehead atoms. The van der Waals surface area contributed by atoms with E-state index in [2.05, 4.69) is 33.0 Å². The minimum atomic E-state index is 0.246. The van der Waals surface area contributed by atoms with E-state index in [9.17, 15) is 0 Å². The number of nitrogens with one attached hydrogen (secondary N) is 1. The largest absolute Gasteiger partial charge is 0.375 e. The van der Waals surface area contributed by atoms with E-state index >= 15 is 0 Å². The second-order valence-corrected chi connectivity index (χ2v) is 8.97. The Kier molecular flexibility index (Phi) is 6.76. The molecule has 2 rings (SSSR count). The number of hydrogen-bond acceptors (Lipinski definition) is 2. The molecule has 1 unspecified atom stereocenters. The van der Waals surface area contributed by atoms with Crippen molar-refractivity contribution in [1.29, 1.82) is 0 Å². The summed E-state index contributed by atoms with van der Waals surface area (Å²) in [6, 6.07) is 0. The van der Waals surface area contributed by atoms with Crippen LogP contribution in [0, 0.1) is 17.3 Å². The van der Waals surface area contributed by atoms with Crippen LogP contribution in [0.1, 0.15) is 85.5 Å². The molecule has 1 heterocycles. The summed E-state index contributed by atoms with van der Waals surface area (Å²) < 4.78 is 6.31. The van der Waals surface area contributed by atoms with Gasteiger partial charge in [0, 0.05) is 6.54 Å². The second-order valence-electron chi connectivity index (χ2n) is 8.97. The zero-order valence-corrected chi connectivity index (χ0v) is 15.5. The molecule has 1 spiro atoms. The Morgan fingerprint density at radius 1 is 1.09 bits per heavy atom. The van der Waals surface area contributed by atoms with Crippen LogP contribution in [0.5, 0.6) is 0 Å². The average Bonchev–Trinajstić information content (AvgIpc) is 2.85. The molecule has 1 saturated heterocycles. The lowest BCUT2D eigenvalue weighted by atomic mass is 9.67. The van der Waals surface area contributed by atoms with Gasteiger partial charge in [0.2, 0.25) is 0 Å². The maximum absolute atomic E-state index is 6.31. The first-order chi connectivity index (χ1) is 10.5. The second kappa shape index (κ2) is 8.15. The molecule has 22 heavy (non-hydrogen) atoms. The summed E-state index contributed by atoms with van der Waals surface area (Å²) in [5, 5.41) is 3.66. The standard InChI is InChI=1S/C20H39NO/c1-5-6-7-8-13-21-15-17-14-20(22-16-17)11-9-18(10-12-20)19(2,3)4/h17-18,21H,5-16H2,1-4H3. The molecule has 0 aromatic carbocycles. The highest BCUT2D eigenvalue weighted by molar-refractivity contribution is 4.95. The van der Waals surface area contributed by atoms with Gasteiger partial charge in [-0.1, -0.05) is 47.0 Å². The molecule has 2 fully saturated rings. The topological polar surface area (TPSA) is 21.3 Å². The maximum atomic E-state index is 6.31. The lowest BCUT2D eigenvalue weighted by Crippen LogP contribution is -2.37. The van der Waals surface area contributed by atoms with Gasteiger partial charge in [-0.3, -0.25) is 0 Å². The van der Waals surface area contributed by atoms with Crippen molar-refractivity contribution in [2.45, 2.75) is 91.1 Å². The van der Waals surface area contributed by atoms with Gasteiger partial charge < -0.3 is 10.1 Å². The molecule has 1 N–H and O–H groups in total. The minimum Gasteiger partial charge on any atom is -0.375 e. The van der Waals surface area contributed by atoms with Crippen molar-refractivity contribution >= 4 is 0 Å². The summed E-state index contributed by atoms with van der Waals surface area (Å²) in [7, 11) is 0. The van der Waals surface area contributed by atoms with Crippen molar-refractivity contribution in [2.75, 3.05) is 19.7 Å². The van der Waals surface area contributed by atoms with Crippen molar-refractivity contribution in [3.8, 4) is 0 Å². The first-order valence-corrected chi connectivity index (χ1v) is 9.80. The number of unbranched alkanes of at least 4 members (excludes halogenated alkanes) is 3. The molecule has 2 heteroatoms. The fraction of sp³-hybridized carbons (Fsp3) is 1.00. The van der Waals surface area contributed by atoms with Gasteiger partial charge in [0.15, 0.2) is 0 Å². The van der Waals surface area contributed by atoms with Crippen molar-refractivity contribution in [1.82, 2.24) is 5.32 Å². The van der Waals surface area contributed by atoms with E-state index in [-0.39, 0.29) is 5.60 Å². The highest BCUT2D eigenvalue weighted by Crippen LogP contribution is 2.47. The molecule has 0 radical (unpaired) electrons. The van der Waals surface area contributed by atoms with E-state index in [1.807, 2.05) is 0 Å². The number of rotatable bonds is 7. The molecule has 1 saturated carbocycles. The summed E-state index contributed by atoms with van der Waals surface area (Å²) in [4.78, 5) is 0. The molecule has 1 aliphatic heterocycles. The highest BCUT2D eigenvalue weighted by Gasteiger charge is 2.44. The van der Waals surface area contributed by atoms with Crippen LogP contribution in [0.2, 0.25) is 0 Å². The van der Waals surface area contributed by atoms with E-state index < -0.39 is 0 Å². The number of ether oxygens (including phenoxy) is 1. The summed E-state index contributed by atoms with van der Waals surface area (Å²) in [6.07, 6.45) is 12.0. The Labute approximate surface area is 138 Å². The van der Waals surface area contributed by atoms with E-state index in [4.69, 9.17) is 4.74 Å². The Morgan fingerprint density at radius 3 is 2.45 bits per heavy atom. The third kappa shape index (κ3) is 5.23. The molecule has 0 amide bonds. The molecule has 2 aliphatic rings. The van der Waals surface area contributed by atoms with Gasteiger partial charge >= 0.3 is 0 Å². The van der Waals surface area contributed by atoms with Crippen molar-refractivity contribution < 1.29 is 4.74 Å². The van der Waals surface area contributed by atoms with Crippen LogP contribution in [0.15, 0.2) is 0 Å². The Balaban J connectivity index is 1.63. The summed E-state index contributed by atoms with van der Waals surface area (Å²) in [5.41, 5.74) is 0.718. The molecule has 0 aromatic heterocycles. The summed E-state index contributed by atoms with van der Waals surface area (Å²) in [6.45, 7) is 12.8. The molecule has 0 aromatic rings. The van der Waals surface area contributed by atoms with Crippen LogP contribution >= 0.6 is 0 Å². The van der Waals surface area contributed by atoms with E-state index in [1.165, 1.54) is 64.3 Å². The lowest BCUT2D eigenvalue weighted by Gasteiger charge is -2.41. The van der Waals surface area contributed by atoms with Crippen LogP contribution in [0.25, 0.3) is 0 Å². The van der Waals surface area contributed by atoms with Gasteiger partial charge in [0.05, 0.1) is 12.2 Å². The number of hydrogen-bond donors (Lipinski definition) is 1. The first kappa shape index (κ1) is 18.3. The van der Waals surface area contributed by atoms with Crippen molar-refractivity contribution in [2.24, 2.45) is 17.3 Å². The van der Waals surface area contributed by atoms with Crippen LogP contribution in [-0.4, -0.2) is 25.3 Å². The minimum absolute atomic E-state index is 0.246. The Hall–Kier alpha value is -0.0800. The van der Waals surface area contributed by atoms with E-state index in [0.29, 0.717) is 5.41 Å². The van der Waals surface area contributed by atoms with Gasteiger partial charge in [-0.2, -0.15) is 0 Å². The van der Waals surface area contributed by atoms with E-state index in [1.54, 1.807) is 0 Å². The lowest BCUT2D eigenvalue weighted by molar-refractivity contribution is -0.0466. The predicted molar refractivity (Wildman–Crippen MR) is 95.2 cm³/mol. The van der Waals surface area contributed by atoms with Gasteiger partial charge in [0.1, 0.15) is 0 Å². The molecule has 130 valence electrons. The van der Waals surface area contributed by atoms with E-state index in [0.717, 1.165) is 25.0 Å². The zero-order chi connectivity index (χ0) is 16.1. The maximum Gasteiger partial charge on any atom is 0.0686 e. The van der Waals surface area contributed by atoms with Crippen molar-refractivity contribution in [3.05, 3.63) is 0 Å². The fourth-order valence-corrected chi connectivity index (χ4v) is 4.41. The van der Waals surface area contributed by atoms with Gasteiger partial charge in [0.25, 0.3) is 0 Å². The SMILES string of the molecule is CCCCCCNCC1COC2(CCC(C(C)(C)C)CC2)C1. The Morgan fingerprint density at radius 2 is 1.82 bits per heavy atom. The first-order valence-electron chi connectivity index (χ1n) is 9.80. The Bertz CT molecular complexity index is 312. The van der Waals surface area contributed by atoms with Gasteiger partial charge in [-0.25, -0.2) is 0 Å². The average molecular weight is 310 g/mol. The van der Waals surface area contributed by atoms with Crippen LogP contribution in [0.3, 0.4) is 0 Å². The van der Waals surface area contributed by atoms with Crippen LogP contribution in [-0.2, 0) is 4.74 Å². The summed E-state index contributed by atoms with van der Waals surface area (Å²) >= 11 is 0. The predicted octanol–water partition coefficient (Wildman–Crippen LogP) is 5.17. The zero-order valence-electron chi connectivity index (χ0n) is 15.5. The third-order valence-corrected chi connectivity index (χ3v) is 6.05. The van der Waals surface area contributed by atoms with Crippen LogP contribution in [0.4, 0.5) is 0 Å². The molecule has 2 nitrogen and oxygen atoms in total. The van der Waals surface area contributed by atoms with Crippen molar-refractivity contribution in [3.63, 3.8) is 0 Å². The quantitative estimate of drug-likeness (QED) is 0.655. The van der Waals surface area contributed by atoms with Gasteiger partial charge in [-0.15, -0.1) is 0 Å². The normalized spacial score (nSPS) is 32.7. The highest BCUT2D eigenvalue weighted by atomic mass is 16.5. The third-order valence-electron chi connectivity index (χ3n) is 6.05. The summed E-state index contributed by atoms with van der Waals surface area (Å²) in [5.74, 6) is 1.63. The molecule has 1 atom stereocenters. The molecular formula is C20H39NO. The molecule has 1 aliphatic carbocycles. The fourth-order valence-electron chi connectivity index (χ4n) is 4.41. The van der Waals surface area contributed by atoms with Crippen LogP contribution < -0.4 is 5.32 Å². The van der Waals surface area contributed by atoms with Gasteiger partial charge in [-0.05, 0) is 62.3 Å². The smallest absolute Gasteiger partial charge is 0.0686 e.